The summed E-state index contributed by atoms with van der Waals surface area (Å²) in [5, 5.41) is 0. The molecule has 3 heterocycles. The van der Waals surface area contributed by atoms with Gasteiger partial charge in [0.1, 0.15) is 5.82 Å². The summed E-state index contributed by atoms with van der Waals surface area (Å²) in [4.78, 5) is 26.5. The van der Waals surface area contributed by atoms with Crippen molar-refractivity contribution in [3.63, 3.8) is 0 Å². The number of pyridine rings is 1. The number of nitrogen functional groups attached to an aromatic ring is 1. The maximum Gasteiger partial charge on any atom is 0.219 e. The Kier molecular flexibility index (Phi) is 4.00. The number of carbonyl (C=O) groups excluding carboxylic acids is 1. The van der Waals surface area contributed by atoms with Gasteiger partial charge in [-0.2, -0.15) is 0 Å². The quantitative estimate of drug-likeness (QED) is 0.914. The number of anilines is 1. The lowest BCUT2D eigenvalue weighted by molar-refractivity contribution is -0.130. The summed E-state index contributed by atoms with van der Waals surface area (Å²) in [6, 6.07) is 3.63. The maximum absolute atomic E-state index is 11.5. The van der Waals surface area contributed by atoms with Crippen molar-refractivity contribution < 1.29 is 4.79 Å². The van der Waals surface area contributed by atoms with Gasteiger partial charge in [0.25, 0.3) is 0 Å². The molecule has 0 radical (unpaired) electrons. The van der Waals surface area contributed by atoms with Gasteiger partial charge in [-0.1, -0.05) is 0 Å². The van der Waals surface area contributed by atoms with Gasteiger partial charge in [-0.3, -0.25) is 14.8 Å². The first-order valence-corrected chi connectivity index (χ1v) is 7.43. The Morgan fingerprint density at radius 2 is 2.09 bits per heavy atom. The van der Waals surface area contributed by atoms with Crippen molar-refractivity contribution in [1.29, 1.82) is 0 Å². The normalized spacial score (nSPS) is 18.2. The lowest BCUT2D eigenvalue weighted by atomic mass is 9.95. The number of nitrogens with zero attached hydrogens (tertiary/aromatic N) is 4. The summed E-state index contributed by atoms with van der Waals surface area (Å²) in [7, 11) is 0. The van der Waals surface area contributed by atoms with Gasteiger partial charge in [0.2, 0.25) is 5.91 Å². The first kappa shape index (κ1) is 14.4. The Bertz CT molecular complexity index is 653. The largest absolute Gasteiger partial charge is 0.384 e. The molecular weight excluding hydrogens is 278 g/mol. The Morgan fingerprint density at radius 3 is 2.73 bits per heavy atom. The fourth-order valence-electron chi connectivity index (χ4n) is 2.76. The molecular formula is C16H19N5O. The Morgan fingerprint density at radius 1 is 1.23 bits per heavy atom. The minimum Gasteiger partial charge on any atom is -0.384 e. The summed E-state index contributed by atoms with van der Waals surface area (Å²) in [6.07, 6.45) is 7.31. The lowest BCUT2D eigenvalue weighted by Gasteiger charge is -2.31. The van der Waals surface area contributed by atoms with Crippen LogP contribution < -0.4 is 5.73 Å². The predicted octanol–water partition coefficient (Wildman–Crippen LogP) is 1.85. The first-order valence-electron chi connectivity index (χ1n) is 7.43. The van der Waals surface area contributed by atoms with Gasteiger partial charge in [-0.15, -0.1) is 0 Å². The molecule has 0 bridgehead atoms. The minimum absolute atomic E-state index is 0.127. The molecule has 114 valence electrons. The molecule has 1 unspecified atom stereocenters. The second-order valence-corrected chi connectivity index (χ2v) is 5.60. The van der Waals surface area contributed by atoms with Gasteiger partial charge in [0.05, 0.1) is 17.6 Å². The fraction of sp³-hybridized carbons (Fsp3) is 0.375. The summed E-state index contributed by atoms with van der Waals surface area (Å²) in [5.41, 5.74) is 8.19. The molecule has 3 rings (SSSR count). The van der Waals surface area contributed by atoms with Gasteiger partial charge in [0, 0.05) is 43.9 Å². The topological polar surface area (TPSA) is 85.0 Å². The Balaban J connectivity index is 1.76. The average Bonchev–Trinajstić information content (AvgIpc) is 2.56. The molecule has 0 aromatic carbocycles. The molecule has 1 aliphatic rings. The zero-order chi connectivity index (χ0) is 15.5. The van der Waals surface area contributed by atoms with Crippen molar-refractivity contribution in [3.8, 4) is 11.3 Å². The monoisotopic (exact) mass is 297 g/mol. The predicted molar refractivity (Wildman–Crippen MR) is 83.9 cm³/mol. The molecule has 22 heavy (non-hydrogen) atoms. The van der Waals surface area contributed by atoms with Crippen LogP contribution >= 0.6 is 0 Å². The molecule has 2 N–H and O–H groups in total. The van der Waals surface area contributed by atoms with Crippen LogP contribution in [0.25, 0.3) is 11.3 Å². The molecule has 2 aromatic rings. The maximum atomic E-state index is 11.5. The van der Waals surface area contributed by atoms with Crippen LogP contribution in [0.5, 0.6) is 0 Å². The van der Waals surface area contributed by atoms with E-state index in [2.05, 4.69) is 15.0 Å². The highest BCUT2D eigenvalue weighted by Crippen LogP contribution is 2.26. The summed E-state index contributed by atoms with van der Waals surface area (Å²) in [6.45, 7) is 3.19. The van der Waals surface area contributed by atoms with E-state index in [1.54, 1.807) is 31.6 Å². The number of aromatic nitrogens is 3. The van der Waals surface area contributed by atoms with Gasteiger partial charge in [-0.05, 0) is 25.0 Å². The smallest absolute Gasteiger partial charge is 0.219 e. The molecule has 1 atom stereocenters. The van der Waals surface area contributed by atoms with E-state index in [9.17, 15) is 4.79 Å². The second-order valence-electron chi connectivity index (χ2n) is 5.60. The zero-order valence-corrected chi connectivity index (χ0v) is 12.6. The number of likely N-dealkylation sites (tertiary alicyclic amines) is 1. The number of hydrogen-bond donors (Lipinski definition) is 1. The zero-order valence-electron chi connectivity index (χ0n) is 12.6. The highest BCUT2D eigenvalue weighted by molar-refractivity contribution is 5.73. The van der Waals surface area contributed by atoms with Gasteiger partial charge in [0.15, 0.2) is 0 Å². The van der Waals surface area contributed by atoms with Crippen molar-refractivity contribution in [2.24, 2.45) is 0 Å². The molecule has 6 nitrogen and oxygen atoms in total. The fourth-order valence-corrected chi connectivity index (χ4v) is 2.76. The number of carbonyl (C=O) groups is 1. The van der Waals surface area contributed by atoms with E-state index in [1.807, 2.05) is 11.0 Å². The second kappa shape index (κ2) is 6.09. The van der Waals surface area contributed by atoms with E-state index in [-0.39, 0.29) is 11.8 Å². The van der Waals surface area contributed by atoms with Crippen molar-refractivity contribution in [3.05, 3.63) is 36.4 Å². The van der Waals surface area contributed by atoms with E-state index >= 15 is 0 Å². The summed E-state index contributed by atoms with van der Waals surface area (Å²) in [5.74, 6) is 0.880. The summed E-state index contributed by atoms with van der Waals surface area (Å²) >= 11 is 0. The van der Waals surface area contributed by atoms with Crippen LogP contribution in [0.3, 0.4) is 0 Å². The van der Waals surface area contributed by atoms with E-state index < -0.39 is 0 Å². The summed E-state index contributed by atoms with van der Waals surface area (Å²) < 4.78 is 0. The van der Waals surface area contributed by atoms with Crippen LogP contribution in [0.15, 0.2) is 30.7 Å². The van der Waals surface area contributed by atoms with E-state index in [0.29, 0.717) is 5.82 Å². The van der Waals surface area contributed by atoms with Crippen molar-refractivity contribution in [2.45, 2.75) is 25.7 Å². The standard InChI is InChI=1S/C16H19N5O/c1-11(22)21-6-2-3-13(10-21)15-9-18-14(8-19-15)12-4-5-16(17)20-7-12/h4-5,7-9,13H,2-3,6,10H2,1H3,(H2,17,20). The number of piperidine rings is 1. The molecule has 1 saturated heterocycles. The minimum atomic E-state index is 0.127. The third-order valence-electron chi connectivity index (χ3n) is 4.04. The SMILES string of the molecule is CC(=O)N1CCCC(c2cnc(-c3ccc(N)nc3)cn2)C1. The van der Waals surface area contributed by atoms with E-state index in [1.165, 1.54) is 0 Å². The molecule has 6 heteroatoms. The van der Waals surface area contributed by atoms with Crippen LogP contribution in [0.1, 0.15) is 31.4 Å². The van der Waals surface area contributed by atoms with Crippen LogP contribution in [0.2, 0.25) is 0 Å². The van der Waals surface area contributed by atoms with Gasteiger partial charge >= 0.3 is 0 Å². The van der Waals surface area contributed by atoms with Crippen LogP contribution in [-0.2, 0) is 4.79 Å². The van der Waals surface area contributed by atoms with E-state index in [4.69, 9.17) is 5.73 Å². The highest BCUT2D eigenvalue weighted by atomic mass is 16.2. The molecule has 0 saturated carbocycles. The molecule has 0 spiro atoms. The van der Waals surface area contributed by atoms with Crippen LogP contribution in [0.4, 0.5) is 5.82 Å². The van der Waals surface area contributed by atoms with Crippen LogP contribution in [0, 0.1) is 0 Å². The van der Waals surface area contributed by atoms with E-state index in [0.717, 1.165) is 42.9 Å². The molecule has 0 aliphatic carbocycles. The van der Waals surface area contributed by atoms with Crippen molar-refractivity contribution >= 4 is 11.7 Å². The Hall–Kier alpha value is -2.50. The highest BCUT2D eigenvalue weighted by Gasteiger charge is 2.23. The molecule has 2 aromatic heterocycles. The molecule has 1 aliphatic heterocycles. The van der Waals surface area contributed by atoms with Gasteiger partial charge < -0.3 is 10.6 Å². The molecule has 1 amide bonds. The Labute approximate surface area is 129 Å². The number of hydrogen-bond acceptors (Lipinski definition) is 5. The number of amides is 1. The van der Waals surface area contributed by atoms with Crippen molar-refractivity contribution in [1.82, 2.24) is 19.9 Å². The lowest BCUT2D eigenvalue weighted by Crippen LogP contribution is -2.37. The number of rotatable bonds is 2. The third-order valence-corrected chi connectivity index (χ3v) is 4.04. The third kappa shape index (κ3) is 3.05. The average molecular weight is 297 g/mol. The van der Waals surface area contributed by atoms with Crippen LogP contribution in [-0.4, -0.2) is 38.8 Å². The first-order chi connectivity index (χ1) is 10.6. The molecule has 1 fully saturated rings. The van der Waals surface area contributed by atoms with Gasteiger partial charge in [-0.25, -0.2) is 4.98 Å². The number of nitrogens with two attached hydrogens (primary N) is 1. The van der Waals surface area contributed by atoms with Crippen molar-refractivity contribution in [2.75, 3.05) is 18.8 Å².